The highest BCUT2D eigenvalue weighted by molar-refractivity contribution is 6.40. The van der Waals surface area contributed by atoms with E-state index in [0.29, 0.717) is 44.9 Å². The molecule has 3 N–H and O–H groups in total. The van der Waals surface area contributed by atoms with Crippen molar-refractivity contribution in [1.82, 2.24) is 10.2 Å². The van der Waals surface area contributed by atoms with Crippen LogP contribution in [0.4, 0.5) is 0 Å². The normalized spacial score (nSPS) is 38.1. The average molecular weight is 886 g/mol. The molecule has 5 aliphatic heterocycles. The van der Waals surface area contributed by atoms with Gasteiger partial charge in [-0.3, -0.25) is 19.8 Å². The Bertz CT molecular complexity index is 1990. The molecule has 6 bridgehead atoms. The third kappa shape index (κ3) is 11.6. The molecule has 12 heteroatoms. The summed E-state index contributed by atoms with van der Waals surface area (Å²) in [5, 5.41) is 24.7. The Morgan fingerprint density at radius 1 is 0.953 bits per heavy atom. The molecule has 13 atom stereocenters. The van der Waals surface area contributed by atoms with Crippen LogP contribution in [0.15, 0.2) is 65.8 Å². The minimum atomic E-state index is -2.29. The first-order chi connectivity index (χ1) is 30.3. The van der Waals surface area contributed by atoms with Gasteiger partial charge in [-0.15, -0.1) is 0 Å². The van der Waals surface area contributed by atoms with Crippen molar-refractivity contribution in [2.24, 2.45) is 41.4 Å². The number of nitrogens with zero attached hydrogens (tertiary/aromatic N) is 1. The summed E-state index contributed by atoms with van der Waals surface area (Å²) < 4.78 is 24.1. The van der Waals surface area contributed by atoms with Crippen LogP contribution in [0.5, 0.6) is 5.75 Å². The zero-order chi connectivity index (χ0) is 47.0. The van der Waals surface area contributed by atoms with Crippen LogP contribution in [0.3, 0.4) is 0 Å². The van der Waals surface area contributed by atoms with Crippen LogP contribution >= 0.6 is 0 Å². The standard InChI is InChI=1S/C52H75N3O9/c1-30-16-13-12-14-17-31(2)44(62-11)28-39-22-20-36(7)52(60,64-39)49(58)50(53)55-23-15-18-40-41(26-38-21-19-32(3)43(27-38)61-10)45(63-51(59)47(40)55)29-42(56)34(5)25-33(4)37(8)46(54-9)48(57)35(6)24-30/h12-14,16-17,19,21,25,27,30,34-37,39-41,44-47,53-54,60H,15,18,20,22-24,26,28-29H2,1-11H3/b14-12+,16-13+,31-17+,33-25+,53-50?/t30-,34-,35-,36-,37-,39+,40-,41?,44+,45+,46-,47+,52-/m1/s1. The third-order valence-electron chi connectivity index (χ3n) is 14.7. The van der Waals surface area contributed by atoms with Crippen molar-refractivity contribution < 1.29 is 43.2 Å². The van der Waals surface area contributed by atoms with E-state index in [1.54, 1.807) is 28.2 Å². The molecule has 0 aliphatic carbocycles. The van der Waals surface area contributed by atoms with E-state index < -0.39 is 59.5 Å². The number of fused-ring (bicyclic) bond motifs is 16. The number of methoxy groups -OCH3 is 2. The number of aliphatic hydroxyl groups is 1. The van der Waals surface area contributed by atoms with E-state index in [2.05, 4.69) is 18.3 Å². The maximum atomic E-state index is 14.5. The van der Waals surface area contributed by atoms with E-state index in [9.17, 15) is 29.7 Å². The Morgan fingerprint density at radius 3 is 2.38 bits per heavy atom. The van der Waals surface area contributed by atoms with E-state index in [0.717, 1.165) is 28.0 Å². The van der Waals surface area contributed by atoms with Gasteiger partial charge in [-0.25, -0.2) is 4.79 Å². The van der Waals surface area contributed by atoms with E-state index >= 15 is 0 Å². The maximum absolute atomic E-state index is 14.5. The number of carbonyl (C=O) groups excluding carboxylic acids is 4. The molecular formula is C52H75N3O9. The Kier molecular flexibility index (Phi) is 17.7. The molecule has 1 aromatic rings. The number of carbonyl (C=O) groups is 4. The lowest BCUT2D eigenvalue weighted by Crippen LogP contribution is -2.65. The summed E-state index contributed by atoms with van der Waals surface area (Å²) in [4.78, 5) is 58.4. The highest BCUT2D eigenvalue weighted by Crippen LogP contribution is 2.43. The summed E-state index contributed by atoms with van der Waals surface area (Å²) in [5.74, 6) is -5.57. The first kappa shape index (κ1) is 50.8. The summed E-state index contributed by atoms with van der Waals surface area (Å²) in [6.07, 6.45) is 14.0. The number of ether oxygens (including phenoxy) is 4. The monoisotopic (exact) mass is 886 g/mol. The number of amidine groups is 1. The van der Waals surface area contributed by atoms with Gasteiger partial charge in [-0.2, -0.15) is 0 Å². The smallest absolute Gasteiger partial charge is 0.329 e. The fourth-order valence-electron chi connectivity index (χ4n) is 10.5. The Balaban J connectivity index is 1.53. The quantitative estimate of drug-likeness (QED) is 0.196. The van der Waals surface area contributed by atoms with Gasteiger partial charge in [-0.05, 0) is 107 Å². The number of hydrogen-bond donors (Lipinski definition) is 3. The lowest BCUT2D eigenvalue weighted by Gasteiger charge is -2.50. The van der Waals surface area contributed by atoms with Gasteiger partial charge in [0.05, 0.1) is 25.4 Å². The molecule has 0 amide bonds. The minimum Gasteiger partial charge on any atom is -0.496 e. The number of esters is 1. The summed E-state index contributed by atoms with van der Waals surface area (Å²) in [5.41, 5.74) is 3.78. The van der Waals surface area contributed by atoms with Crippen molar-refractivity contribution in [2.45, 2.75) is 143 Å². The van der Waals surface area contributed by atoms with Crippen LogP contribution in [0.1, 0.15) is 105 Å². The number of Topliss-reactive ketones (excluding diaryl/α,β-unsaturated/α-hetero) is 3. The van der Waals surface area contributed by atoms with Crippen molar-refractivity contribution in [3.8, 4) is 5.75 Å². The largest absolute Gasteiger partial charge is 0.496 e. The molecule has 6 rings (SSSR count). The van der Waals surface area contributed by atoms with Crippen LogP contribution in [0, 0.1) is 53.8 Å². The Morgan fingerprint density at radius 2 is 1.69 bits per heavy atom. The molecule has 5 aliphatic rings. The zero-order valence-electron chi connectivity index (χ0n) is 40.1. The molecule has 12 nitrogen and oxygen atoms in total. The van der Waals surface area contributed by atoms with Crippen LogP contribution in [-0.2, 0) is 39.8 Å². The van der Waals surface area contributed by atoms with Gasteiger partial charge >= 0.3 is 5.97 Å². The van der Waals surface area contributed by atoms with E-state index in [-0.39, 0.29) is 60.2 Å². The Hall–Kier alpha value is -4.23. The number of allylic oxidation sites excluding steroid dienone is 6. The van der Waals surface area contributed by atoms with Crippen molar-refractivity contribution >= 4 is 29.2 Å². The van der Waals surface area contributed by atoms with E-state index in [1.165, 1.54) is 4.90 Å². The molecule has 352 valence electrons. The van der Waals surface area contributed by atoms with Crippen molar-refractivity contribution in [1.29, 1.82) is 5.41 Å². The predicted molar refractivity (Wildman–Crippen MR) is 249 cm³/mol. The molecule has 64 heavy (non-hydrogen) atoms. The molecule has 1 aromatic carbocycles. The van der Waals surface area contributed by atoms with Gasteiger partial charge in [0.15, 0.2) is 11.6 Å². The molecule has 5 heterocycles. The fourth-order valence-corrected chi connectivity index (χ4v) is 10.5. The highest BCUT2D eigenvalue weighted by atomic mass is 16.6. The molecule has 1 unspecified atom stereocenters. The summed E-state index contributed by atoms with van der Waals surface area (Å²) in [6, 6.07) is 4.57. The number of hydrogen-bond acceptors (Lipinski definition) is 11. The fraction of sp³-hybridized carbons (Fsp3) is 0.635. The number of ketones is 3. The summed E-state index contributed by atoms with van der Waals surface area (Å²) in [6.45, 7) is 15.8. The molecule has 0 radical (unpaired) electrons. The molecule has 3 fully saturated rings. The number of likely N-dealkylation sites (N-methyl/N-ethyl adjacent to an activating group) is 1. The first-order valence-electron chi connectivity index (χ1n) is 23.5. The molecular weight excluding hydrogens is 811 g/mol. The van der Waals surface area contributed by atoms with Crippen molar-refractivity contribution in [2.75, 3.05) is 27.8 Å². The van der Waals surface area contributed by atoms with Gasteiger partial charge < -0.3 is 34.3 Å². The third-order valence-corrected chi connectivity index (χ3v) is 14.7. The van der Waals surface area contributed by atoms with Crippen molar-refractivity contribution in [3.05, 3.63) is 76.9 Å². The average Bonchev–Trinajstić information content (AvgIpc) is 3.27. The minimum absolute atomic E-state index is 0.0199. The van der Waals surface area contributed by atoms with Gasteiger partial charge in [0.2, 0.25) is 5.79 Å². The van der Waals surface area contributed by atoms with Crippen LogP contribution in [0.2, 0.25) is 0 Å². The topological polar surface area (TPSA) is 165 Å². The second-order valence-corrected chi connectivity index (χ2v) is 19.3. The number of nitrogens with one attached hydrogen (secondary N) is 2. The molecule has 0 spiro atoms. The maximum Gasteiger partial charge on any atom is 0.329 e. The van der Waals surface area contributed by atoms with E-state index in [4.69, 9.17) is 18.9 Å². The first-order valence-corrected chi connectivity index (χ1v) is 23.5. The zero-order valence-corrected chi connectivity index (χ0v) is 40.1. The molecule has 0 saturated carbocycles. The lowest BCUT2D eigenvalue weighted by molar-refractivity contribution is -0.262. The number of piperidine rings is 1. The predicted octanol–water partition coefficient (Wildman–Crippen LogP) is 7.69. The van der Waals surface area contributed by atoms with Crippen LogP contribution in [-0.4, -0.2) is 103 Å². The Labute approximate surface area is 381 Å². The summed E-state index contributed by atoms with van der Waals surface area (Å²) >= 11 is 0. The molecule has 0 aromatic heterocycles. The lowest BCUT2D eigenvalue weighted by atomic mass is 9.70. The van der Waals surface area contributed by atoms with Gasteiger partial charge in [0, 0.05) is 50.2 Å². The van der Waals surface area contributed by atoms with Crippen molar-refractivity contribution in [3.63, 3.8) is 0 Å². The van der Waals surface area contributed by atoms with Crippen LogP contribution < -0.4 is 10.1 Å². The highest BCUT2D eigenvalue weighted by Gasteiger charge is 2.55. The number of benzene rings is 1. The molecule has 3 saturated heterocycles. The van der Waals surface area contributed by atoms with Gasteiger partial charge in [0.1, 0.15) is 23.7 Å². The number of aryl methyl sites for hydroxylation is 1. The SMILES string of the molecule is CN[C@H]1C(=O)[C@H](C)C[C@H](C)/C=C/C=C/C=C(\C)[C@@H](OC)C[C@@H]2CC[C@@H](C)[C@@](O)(O2)C(=O)C(=N)N2CCC[C@@H]3C(Cc4ccc(C)c(OC)c4)[C@H](CC(=O)[C@H](C)/C=C(\C)[C@H]1C)OC(=O)[C@H]32. The second-order valence-electron chi connectivity index (χ2n) is 19.3. The van der Waals surface area contributed by atoms with Gasteiger partial charge in [-0.1, -0.05) is 88.8 Å². The second kappa shape index (κ2) is 22.3. The van der Waals surface area contributed by atoms with Gasteiger partial charge in [0.25, 0.3) is 5.78 Å². The number of rotatable bonds is 5. The van der Waals surface area contributed by atoms with Crippen LogP contribution in [0.25, 0.3) is 0 Å². The van der Waals surface area contributed by atoms with E-state index in [1.807, 2.05) is 90.1 Å². The summed E-state index contributed by atoms with van der Waals surface area (Å²) in [7, 11) is 5.05.